The lowest BCUT2D eigenvalue weighted by molar-refractivity contribution is 0.102. The Morgan fingerprint density at radius 2 is 1.85 bits per heavy atom. The summed E-state index contributed by atoms with van der Waals surface area (Å²) in [4.78, 5) is 28.3. The fraction of sp³-hybridized carbons (Fsp3) is 0.100. The Morgan fingerprint density at radius 3 is 2.59 bits per heavy atom. The Balaban J connectivity index is 1.46. The SMILES string of the molecule is Cn1nc(C(=O)Nc2ccc(Cc3nc4ccccc4s3)cc2)ccc1=O. The van der Waals surface area contributed by atoms with Gasteiger partial charge in [0, 0.05) is 25.2 Å². The number of para-hydroxylation sites is 1. The molecule has 0 aliphatic rings. The van der Waals surface area contributed by atoms with E-state index in [9.17, 15) is 9.59 Å². The van der Waals surface area contributed by atoms with E-state index in [-0.39, 0.29) is 17.2 Å². The average Bonchev–Trinajstić information content (AvgIpc) is 3.08. The van der Waals surface area contributed by atoms with Crippen molar-refractivity contribution in [2.75, 3.05) is 5.32 Å². The van der Waals surface area contributed by atoms with E-state index in [4.69, 9.17) is 0 Å². The second kappa shape index (κ2) is 7.13. The number of hydrogen-bond acceptors (Lipinski definition) is 5. The number of rotatable bonds is 4. The minimum atomic E-state index is -0.357. The van der Waals surface area contributed by atoms with Crippen molar-refractivity contribution < 1.29 is 4.79 Å². The number of aryl methyl sites for hydroxylation is 1. The Hall–Kier alpha value is -3.32. The highest BCUT2D eigenvalue weighted by atomic mass is 32.1. The molecule has 4 aromatic rings. The van der Waals surface area contributed by atoms with Gasteiger partial charge in [0.1, 0.15) is 5.69 Å². The number of anilines is 1. The van der Waals surface area contributed by atoms with Gasteiger partial charge in [0.2, 0.25) is 0 Å². The minimum Gasteiger partial charge on any atom is -0.321 e. The summed E-state index contributed by atoms with van der Waals surface area (Å²) in [6.07, 6.45) is 0.746. The van der Waals surface area contributed by atoms with Gasteiger partial charge in [0.05, 0.1) is 15.2 Å². The van der Waals surface area contributed by atoms with Crippen molar-refractivity contribution in [2.45, 2.75) is 6.42 Å². The van der Waals surface area contributed by atoms with Crippen molar-refractivity contribution in [2.24, 2.45) is 7.05 Å². The lowest BCUT2D eigenvalue weighted by atomic mass is 10.1. The first-order valence-corrected chi connectivity index (χ1v) is 9.19. The zero-order valence-electron chi connectivity index (χ0n) is 14.5. The molecule has 0 fully saturated rings. The van der Waals surface area contributed by atoms with Gasteiger partial charge in [-0.3, -0.25) is 9.59 Å². The van der Waals surface area contributed by atoms with Crippen molar-refractivity contribution >= 4 is 33.1 Å². The summed E-state index contributed by atoms with van der Waals surface area (Å²) in [6.45, 7) is 0. The molecule has 6 nitrogen and oxygen atoms in total. The van der Waals surface area contributed by atoms with Gasteiger partial charge in [-0.05, 0) is 35.9 Å². The molecular weight excluding hydrogens is 360 g/mol. The van der Waals surface area contributed by atoms with Gasteiger partial charge >= 0.3 is 0 Å². The van der Waals surface area contributed by atoms with Crippen molar-refractivity contribution in [1.82, 2.24) is 14.8 Å². The molecule has 1 amide bonds. The lowest BCUT2D eigenvalue weighted by Gasteiger charge is -2.06. The summed E-state index contributed by atoms with van der Waals surface area (Å²) in [6, 6.07) is 18.5. The molecule has 0 spiro atoms. The molecular formula is C20H16N4O2S. The number of nitrogens with zero attached hydrogens (tertiary/aromatic N) is 3. The molecule has 27 heavy (non-hydrogen) atoms. The molecule has 0 bridgehead atoms. The Bertz CT molecular complexity index is 1150. The molecule has 134 valence electrons. The fourth-order valence-corrected chi connectivity index (χ4v) is 3.70. The van der Waals surface area contributed by atoms with Gasteiger partial charge in [0.25, 0.3) is 11.5 Å². The third kappa shape index (κ3) is 3.78. The molecule has 0 aliphatic carbocycles. The van der Waals surface area contributed by atoms with Crippen LogP contribution >= 0.6 is 11.3 Å². The van der Waals surface area contributed by atoms with Crippen LogP contribution in [0, 0.1) is 0 Å². The number of nitrogens with one attached hydrogen (secondary N) is 1. The average molecular weight is 376 g/mol. The predicted molar refractivity (Wildman–Crippen MR) is 106 cm³/mol. The second-order valence-corrected chi connectivity index (χ2v) is 7.20. The van der Waals surface area contributed by atoms with Crippen LogP contribution in [0.4, 0.5) is 5.69 Å². The third-order valence-corrected chi connectivity index (χ3v) is 5.13. The molecule has 2 aromatic heterocycles. The van der Waals surface area contributed by atoms with E-state index in [1.54, 1.807) is 11.3 Å². The predicted octanol–water partition coefficient (Wildman–Crippen LogP) is 3.23. The van der Waals surface area contributed by atoms with Gasteiger partial charge in [-0.1, -0.05) is 24.3 Å². The summed E-state index contributed by atoms with van der Waals surface area (Å²) in [5, 5.41) is 7.79. The summed E-state index contributed by atoms with van der Waals surface area (Å²) in [5.74, 6) is -0.357. The molecule has 0 saturated heterocycles. The molecule has 4 rings (SSSR count). The number of amides is 1. The quantitative estimate of drug-likeness (QED) is 0.593. The normalized spacial score (nSPS) is 10.9. The first-order valence-electron chi connectivity index (χ1n) is 8.37. The van der Waals surface area contributed by atoms with Crippen LogP contribution in [-0.2, 0) is 13.5 Å². The highest BCUT2D eigenvalue weighted by Gasteiger charge is 2.09. The van der Waals surface area contributed by atoms with E-state index in [1.807, 2.05) is 42.5 Å². The second-order valence-electron chi connectivity index (χ2n) is 6.08. The molecule has 0 unspecified atom stereocenters. The van der Waals surface area contributed by atoms with Gasteiger partial charge in [0.15, 0.2) is 0 Å². The lowest BCUT2D eigenvalue weighted by Crippen LogP contribution is -2.23. The zero-order chi connectivity index (χ0) is 18.8. The van der Waals surface area contributed by atoms with Crippen LogP contribution in [0.25, 0.3) is 10.2 Å². The van der Waals surface area contributed by atoms with Crippen LogP contribution in [0.5, 0.6) is 0 Å². The van der Waals surface area contributed by atoms with E-state index in [2.05, 4.69) is 21.5 Å². The Kier molecular flexibility index (Phi) is 4.52. The summed E-state index contributed by atoms with van der Waals surface area (Å²) >= 11 is 1.69. The monoisotopic (exact) mass is 376 g/mol. The first kappa shape index (κ1) is 17.1. The molecule has 0 aliphatic heterocycles. The number of thiazole rings is 1. The summed E-state index contributed by atoms with van der Waals surface area (Å²) in [7, 11) is 1.51. The molecule has 0 radical (unpaired) electrons. The maximum absolute atomic E-state index is 12.3. The zero-order valence-corrected chi connectivity index (χ0v) is 15.4. The van der Waals surface area contributed by atoms with Gasteiger partial charge < -0.3 is 5.32 Å². The van der Waals surface area contributed by atoms with Crippen LogP contribution in [0.15, 0.2) is 65.5 Å². The fourth-order valence-electron chi connectivity index (χ4n) is 2.69. The Labute approximate surface area is 159 Å². The molecule has 1 N–H and O–H groups in total. The largest absolute Gasteiger partial charge is 0.321 e. The van der Waals surface area contributed by atoms with E-state index >= 15 is 0 Å². The highest BCUT2D eigenvalue weighted by molar-refractivity contribution is 7.18. The summed E-state index contributed by atoms with van der Waals surface area (Å²) in [5.41, 5.74) is 2.74. The molecule has 0 saturated carbocycles. The third-order valence-electron chi connectivity index (χ3n) is 4.10. The first-order chi connectivity index (χ1) is 13.1. The van der Waals surface area contributed by atoms with E-state index in [0.29, 0.717) is 5.69 Å². The molecule has 2 aromatic carbocycles. The highest BCUT2D eigenvalue weighted by Crippen LogP contribution is 2.24. The Morgan fingerprint density at radius 1 is 1.07 bits per heavy atom. The van der Waals surface area contributed by atoms with Crippen molar-refractivity contribution in [3.05, 3.63) is 87.3 Å². The van der Waals surface area contributed by atoms with Crippen molar-refractivity contribution in [1.29, 1.82) is 0 Å². The maximum Gasteiger partial charge on any atom is 0.276 e. The molecule has 2 heterocycles. The number of fused-ring (bicyclic) bond motifs is 1. The van der Waals surface area contributed by atoms with Crippen LogP contribution in [-0.4, -0.2) is 20.7 Å². The standard InChI is InChI=1S/C20H16N4O2S/c1-24-19(25)11-10-16(23-24)20(26)21-14-8-6-13(7-9-14)12-18-22-15-4-2-3-5-17(15)27-18/h2-11H,12H2,1H3,(H,21,26). The molecule has 7 heteroatoms. The number of hydrogen-bond donors (Lipinski definition) is 1. The van der Waals surface area contributed by atoms with Crippen LogP contribution in [0.1, 0.15) is 21.1 Å². The van der Waals surface area contributed by atoms with E-state index in [0.717, 1.165) is 27.2 Å². The summed E-state index contributed by atoms with van der Waals surface area (Å²) < 4.78 is 2.32. The number of benzene rings is 2. The van der Waals surface area contributed by atoms with Gasteiger partial charge in [-0.15, -0.1) is 11.3 Å². The van der Waals surface area contributed by atoms with Gasteiger partial charge in [-0.25, -0.2) is 9.67 Å². The van der Waals surface area contributed by atoms with Crippen LogP contribution < -0.4 is 10.9 Å². The topological polar surface area (TPSA) is 76.9 Å². The minimum absolute atomic E-state index is 0.190. The van der Waals surface area contributed by atoms with Crippen LogP contribution in [0.2, 0.25) is 0 Å². The number of aromatic nitrogens is 3. The van der Waals surface area contributed by atoms with Crippen molar-refractivity contribution in [3.63, 3.8) is 0 Å². The number of carbonyl (C=O) groups excluding carboxylic acids is 1. The molecule has 0 atom stereocenters. The smallest absolute Gasteiger partial charge is 0.276 e. The van der Waals surface area contributed by atoms with Gasteiger partial charge in [-0.2, -0.15) is 5.10 Å². The van der Waals surface area contributed by atoms with E-state index in [1.165, 1.54) is 23.9 Å². The number of carbonyl (C=O) groups is 1. The van der Waals surface area contributed by atoms with Crippen molar-refractivity contribution in [3.8, 4) is 0 Å². The van der Waals surface area contributed by atoms with Crippen LogP contribution in [0.3, 0.4) is 0 Å². The van der Waals surface area contributed by atoms with E-state index < -0.39 is 0 Å². The maximum atomic E-state index is 12.3.